The predicted molar refractivity (Wildman–Crippen MR) is 328 cm³/mol. The monoisotopic (exact) mass is 1010 g/mol. The lowest BCUT2D eigenvalue weighted by Gasteiger charge is -2.28. The smallest absolute Gasteiger partial charge is 0.0973 e. The standard InChI is InChI=1S/C72H58N6/c1-72(2,3)67-35-22-36-68-71(67)74-70(54-39-43-62(44-40-54)78(60-33-20-9-21-34-60)66-51-47-64(48-52-66)76(57-27-14-6-15-28-57)58-29-16-7-17-30-58)69(73-68)53-37-41-61(42-38-53)77(59-31-18-8-19-32-59)65-49-45-63(46-50-65)75(55-23-10-4-11-24-55)56-25-12-5-13-26-56/h4-52H,1-3H3. The molecular weight excluding hydrogens is 949 g/mol. The van der Waals surface area contributed by atoms with Crippen molar-refractivity contribution in [3.63, 3.8) is 0 Å². The quantitative estimate of drug-likeness (QED) is 0.108. The fraction of sp³-hybridized carbons (Fsp3) is 0.0556. The number of aromatic nitrogens is 2. The number of para-hydroxylation sites is 7. The van der Waals surface area contributed by atoms with Gasteiger partial charge in [-0.2, -0.15) is 0 Å². The van der Waals surface area contributed by atoms with Gasteiger partial charge in [0.05, 0.1) is 22.4 Å². The van der Waals surface area contributed by atoms with Crippen LogP contribution in [0.25, 0.3) is 33.5 Å². The molecule has 0 saturated heterocycles. The molecule has 0 N–H and O–H groups in total. The van der Waals surface area contributed by atoms with E-state index in [1.807, 2.05) is 0 Å². The molecule has 0 bridgehead atoms. The molecule has 1 heterocycles. The van der Waals surface area contributed by atoms with Crippen molar-refractivity contribution in [1.29, 1.82) is 0 Å². The summed E-state index contributed by atoms with van der Waals surface area (Å²) >= 11 is 0. The summed E-state index contributed by atoms with van der Waals surface area (Å²) in [5.74, 6) is 0. The van der Waals surface area contributed by atoms with Crippen LogP contribution in [0.15, 0.2) is 297 Å². The van der Waals surface area contributed by atoms with Gasteiger partial charge in [0.1, 0.15) is 0 Å². The number of hydrogen-bond donors (Lipinski definition) is 0. The molecule has 0 atom stereocenters. The number of fused-ring (bicyclic) bond motifs is 1. The van der Waals surface area contributed by atoms with Crippen LogP contribution >= 0.6 is 0 Å². The van der Waals surface area contributed by atoms with E-state index >= 15 is 0 Å². The average Bonchev–Trinajstić information content (AvgIpc) is 3.51. The van der Waals surface area contributed by atoms with Crippen molar-refractivity contribution in [2.75, 3.05) is 19.6 Å². The van der Waals surface area contributed by atoms with Crippen molar-refractivity contribution in [3.05, 3.63) is 303 Å². The van der Waals surface area contributed by atoms with Crippen LogP contribution in [-0.4, -0.2) is 9.97 Å². The van der Waals surface area contributed by atoms with Gasteiger partial charge in [-0.05, 0) is 163 Å². The second-order valence-corrected chi connectivity index (χ2v) is 20.3. The highest BCUT2D eigenvalue weighted by molar-refractivity contribution is 5.90. The van der Waals surface area contributed by atoms with Gasteiger partial charge >= 0.3 is 0 Å². The Morgan fingerprint density at radius 3 is 0.718 bits per heavy atom. The van der Waals surface area contributed by atoms with E-state index in [2.05, 4.69) is 338 Å². The molecule has 0 spiro atoms. The molecule has 12 aromatic rings. The lowest BCUT2D eigenvalue weighted by molar-refractivity contribution is 0.594. The summed E-state index contributed by atoms with van der Waals surface area (Å²) in [7, 11) is 0. The molecule has 0 fully saturated rings. The Bertz CT molecular complexity index is 3810. The summed E-state index contributed by atoms with van der Waals surface area (Å²) in [4.78, 5) is 20.3. The molecule has 0 saturated carbocycles. The molecule has 12 rings (SSSR count). The van der Waals surface area contributed by atoms with Crippen molar-refractivity contribution in [3.8, 4) is 22.5 Å². The summed E-state index contributed by atoms with van der Waals surface area (Å²) in [5, 5.41) is 0. The fourth-order valence-corrected chi connectivity index (χ4v) is 10.4. The summed E-state index contributed by atoms with van der Waals surface area (Å²) in [6.07, 6.45) is 0. The number of nitrogens with zero attached hydrogens (tertiary/aromatic N) is 6. The summed E-state index contributed by atoms with van der Waals surface area (Å²) in [5.41, 5.74) is 19.2. The number of rotatable bonds is 14. The first-order chi connectivity index (χ1) is 38.3. The van der Waals surface area contributed by atoms with Crippen LogP contribution in [0.3, 0.4) is 0 Å². The number of hydrogen-bond acceptors (Lipinski definition) is 6. The van der Waals surface area contributed by atoms with Gasteiger partial charge in [-0.1, -0.05) is 166 Å². The van der Waals surface area contributed by atoms with Gasteiger partial charge in [-0.25, -0.2) is 9.97 Å². The number of anilines is 12. The van der Waals surface area contributed by atoms with Crippen molar-refractivity contribution in [2.24, 2.45) is 0 Å². The van der Waals surface area contributed by atoms with E-state index in [9.17, 15) is 0 Å². The molecule has 11 aromatic carbocycles. The van der Waals surface area contributed by atoms with Gasteiger partial charge in [0.2, 0.25) is 0 Å². The van der Waals surface area contributed by atoms with Gasteiger partial charge in [-0.3, -0.25) is 0 Å². The minimum absolute atomic E-state index is 0.149. The molecular formula is C72H58N6. The Balaban J connectivity index is 0.913. The van der Waals surface area contributed by atoms with E-state index in [4.69, 9.17) is 9.97 Å². The molecule has 0 aliphatic rings. The molecule has 6 heteroatoms. The van der Waals surface area contributed by atoms with E-state index < -0.39 is 0 Å². The van der Waals surface area contributed by atoms with E-state index in [1.54, 1.807) is 0 Å². The average molecular weight is 1010 g/mol. The fourth-order valence-electron chi connectivity index (χ4n) is 10.4. The zero-order valence-corrected chi connectivity index (χ0v) is 44.0. The van der Waals surface area contributed by atoms with Gasteiger partial charge in [0.25, 0.3) is 0 Å². The minimum atomic E-state index is -0.149. The Morgan fingerprint density at radius 1 is 0.231 bits per heavy atom. The lowest BCUT2D eigenvalue weighted by Crippen LogP contribution is -2.13. The SMILES string of the molecule is CC(C)(C)c1cccc2nc(-c3ccc(N(c4ccccc4)c4ccc(N(c5ccccc5)c5ccccc5)cc4)cc3)c(-c3ccc(N(c4ccccc4)c4ccc(N(c5ccccc5)c5ccccc5)cc4)cc3)nc12. The number of benzene rings is 11. The largest absolute Gasteiger partial charge is 0.311 e. The molecule has 6 nitrogen and oxygen atoms in total. The van der Waals surface area contributed by atoms with Crippen LogP contribution in [0.4, 0.5) is 68.2 Å². The maximum Gasteiger partial charge on any atom is 0.0973 e. The van der Waals surface area contributed by atoms with E-state index in [1.165, 1.54) is 0 Å². The van der Waals surface area contributed by atoms with E-state index in [0.29, 0.717) is 0 Å². The Kier molecular flexibility index (Phi) is 13.6. The van der Waals surface area contributed by atoms with Gasteiger partial charge in [0.15, 0.2) is 0 Å². The maximum absolute atomic E-state index is 5.58. The first kappa shape index (κ1) is 48.9. The summed E-state index contributed by atoms with van der Waals surface area (Å²) in [6.45, 7) is 6.72. The Hall–Kier alpha value is -10.0. The third-order valence-electron chi connectivity index (χ3n) is 14.1. The van der Waals surface area contributed by atoms with Crippen LogP contribution < -0.4 is 19.6 Å². The Labute approximate surface area is 458 Å². The van der Waals surface area contributed by atoms with Gasteiger partial charge in [-0.15, -0.1) is 0 Å². The molecule has 1 aromatic heterocycles. The van der Waals surface area contributed by atoms with E-state index in [-0.39, 0.29) is 5.41 Å². The van der Waals surface area contributed by atoms with Crippen molar-refractivity contribution in [1.82, 2.24) is 9.97 Å². The van der Waals surface area contributed by atoms with Crippen LogP contribution in [-0.2, 0) is 5.41 Å². The van der Waals surface area contributed by atoms with Gasteiger partial charge < -0.3 is 19.6 Å². The third kappa shape index (κ3) is 10.1. The molecule has 78 heavy (non-hydrogen) atoms. The topological polar surface area (TPSA) is 38.7 Å². The van der Waals surface area contributed by atoms with Crippen LogP contribution in [0.1, 0.15) is 26.3 Å². The zero-order chi connectivity index (χ0) is 52.8. The van der Waals surface area contributed by atoms with Crippen LogP contribution in [0.5, 0.6) is 0 Å². The normalized spacial score (nSPS) is 11.3. The van der Waals surface area contributed by atoms with Crippen molar-refractivity contribution >= 4 is 79.3 Å². The molecule has 0 aliphatic heterocycles. The van der Waals surface area contributed by atoms with Gasteiger partial charge in [0, 0.05) is 79.4 Å². The highest BCUT2D eigenvalue weighted by Gasteiger charge is 2.23. The van der Waals surface area contributed by atoms with E-state index in [0.717, 1.165) is 107 Å². The first-order valence-electron chi connectivity index (χ1n) is 26.6. The second-order valence-electron chi connectivity index (χ2n) is 20.3. The molecule has 0 aliphatic carbocycles. The lowest BCUT2D eigenvalue weighted by atomic mass is 9.86. The van der Waals surface area contributed by atoms with Crippen molar-refractivity contribution in [2.45, 2.75) is 26.2 Å². The summed E-state index contributed by atoms with van der Waals surface area (Å²) < 4.78 is 0. The molecule has 376 valence electrons. The van der Waals surface area contributed by atoms with Crippen molar-refractivity contribution < 1.29 is 0 Å². The Morgan fingerprint density at radius 2 is 0.462 bits per heavy atom. The first-order valence-corrected chi connectivity index (χ1v) is 26.6. The minimum Gasteiger partial charge on any atom is -0.311 e. The summed E-state index contributed by atoms with van der Waals surface area (Å²) in [6, 6.07) is 105. The van der Waals surface area contributed by atoms with Crippen LogP contribution in [0, 0.1) is 0 Å². The molecule has 0 radical (unpaired) electrons. The predicted octanol–water partition coefficient (Wildman–Crippen LogP) is 20.1. The third-order valence-corrected chi connectivity index (χ3v) is 14.1. The zero-order valence-electron chi connectivity index (χ0n) is 44.0. The van der Waals surface area contributed by atoms with Crippen LogP contribution in [0.2, 0.25) is 0 Å². The second kappa shape index (κ2) is 21.7. The highest BCUT2D eigenvalue weighted by atomic mass is 15.2. The molecule has 0 unspecified atom stereocenters. The molecule has 0 amide bonds. The maximum atomic E-state index is 5.58. The highest BCUT2D eigenvalue weighted by Crippen LogP contribution is 2.43.